The van der Waals surface area contributed by atoms with Crippen LogP contribution >= 0.6 is 11.3 Å². The molecule has 35 heavy (non-hydrogen) atoms. The number of aromatic nitrogens is 1. The fourth-order valence-corrected chi connectivity index (χ4v) is 4.81. The van der Waals surface area contributed by atoms with Gasteiger partial charge >= 0.3 is 11.9 Å². The van der Waals surface area contributed by atoms with Gasteiger partial charge in [-0.05, 0) is 38.1 Å². The summed E-state index contributed by atoms with van der Waals surface area (Å²) in [5.41, 5.74) is 0.619. The van der Waals surface area contributed by atoms with Crippen LogP contribution in [-0.4, -0.2) is 36.3 Å². The Labute approximate surface area is 202 Å². The number of hydrogen-bond acceptors (Lipinski definition) is 10. The number of allylic oxidation sites excluding steroid dienone is 1. The summed E-state index contributed by atoms with van der Waals surface area (Å²) in [6.07, 6.45) is 1.40. The van der Waals surface area contributed by atoms with Crippen LogP contribution in [0.3, 0.4) is 0 Å². The molecule has 1 aliphatic heterocycles. The van der Waals surface area contributed by atoms with Crippen LogP contribution in [0.25, 0.3) is 6.08 Å². The van der Waals surface area contributed by atoms with Crippen molar-refractivity contribution in [3.8, 4) is 11.5 Å². The summed E-state index contributed by atoms with van der Waals surface area (Å²) in [7, 11) is 2.99. The van der Waals surface area contributed by atoms with Crippen molar-refractivity contribution < 1.29 is 28.3 Å². The molecule has 0 N–H and O–H groups in total. The first-order chi connectivity index (χ1) is 16.8. The summed E-state index contributed by atoms with van der Waals surface area (Å²) in [6, 6.07) is 6.77. The molecule has 182 valence electrons. The summed E-state index contributed by atoms with van der Waals surface area (Å²) >= 11 is 1.07. The second-order valence-corrected chi connectivity index (χ2v) is 8.35. The Kier molecular flexibility index (Phi) is 6.56. The zero-order valence-electron chi connectivity index (χ0n) is 19.3. The molecule has 0 saturated carbocycles. The topological polar surface area (TPSA) is 135 Å². The van der Waals surface area contributed by atoms with Gasteiger partial charge in [-0.1, -0.05) is 11.3 Å². The van der Waals surface area contributed by atoms with E-state index in [0.29, 0.717) is 27.6 Å². The predicted molar refractivity (Wildman–Crippen MR) is 125 cm³/mol. The van der Waals surface area contributed by atoms with E-state index >= 15 is 0 Å². The maximum Gasteiger partial charge on any atom is 0.433 e. The van der Waals surface area contributed by atoms with Gasteiger partial charge in [-0.2, -0.15) is 0 Å². The van der Waals surface area contributed by atoms with Crippen LogP contribution < -0.4 is 24.4 Å². The maximum absolute atomic E-state index is 13.6. The Bertz CT molecular complexity index is 1530. The fraction of sp³-hybridized carbons (Fsp3) is 0.261. The van der Waals surface area contributed by atoms with E-state index in [1.807, 2.05) is 0 Å². The molecule has 0 saturated heterocycles. The Morgan fingerprint density at radius 1 is 1.29 bits per heavy atom. The number of hydrogen-bond donors (Lipinski definition) is 0. The summed E-state index contributed by atoms with van der Waals surface area (Å²) in [5.74, 6) is 0.0223. The molecule has 3 heterocycles. The lowest BCUT2D eigenvalue weighted by Crippen LogP contribution is -2.40. The Morgan fingerprint density at radius 2 is 2.06 bits per heavy atom. The minimum atomic E-state index is -0.913. The average Bonchev–Trinajstić information content (AvgIpc) is 3.42. The zero-order valence-corrected chi connectivity index (χ0v) is 20.1. The number of thiazole rings is 1. The highest BCUT2D eigenvalue weighted by Gasteiger charge is 2.35. The normalized spacial score (nSPS) is 15.4. The molecule has 4 rings (SSSR count). The minimum Gasteiger partial charge on any atom is -0.497 e. The smallest absolute Gasteiger partial charge is 0.433 e. The molecule has 0 fully saturated rings. The quantitative estimate of drug-likeness (QED) is 0.275. The molecule has 1 aromatic carbocycles. The van der Waals surface area contributed by atoms with Crippen molar-refractivity contribution >= 4 is 29.3 Å². The van der Waals surface area contributed by atoms with Gasteiger partial charge in [0.05, 0.1) is 42.7 Å². The highest BCUT2D eigenvalue weighted by atomic mass is 32.1. The van der Waals surface area contributed by atoms with E-state index in [2.05, 4.69) is 4.99 Å². The molecule has 1 atom stereocenters. The number of fused-ring (bicyclic) bond motifs is 1. The highest BCUT2D eigenvalue weighted by Crippen LogP contribution is 2.37. The van der Waals surface area contributed by atoms with Crippen LogP contribution in [0, 0.1) is 10.1 Å². The Hall–Kier alpha value is -4.19. The molecule has 12 heteroatoms. The van der Waals surface area contributed by atoms with Crippen molar-refractivity contribution in [3.05, 3.63) is 82.7 Å². The lowest BCUT2D eigenvalue weighted by Gasteiger charge is -2.26. The molecule has 0 spiro atoms. The number of furan rings is 1. The summed E-state index contributed by atoms with van der Waals surface area (Å²) in [5, 5.41) is 10.9. The first kappa shape index (κ1) is 24.0. The number of rotatable bonds is 7. The Balaban J connectivity index is 1.99. The lowest BCUT2D eigenvalue weighted by atomic mass is 9.95. The number of benzene rings is 1. The molecule has 0 bridgehead atoms. The zero-order chi connectivity index (χ0) is 25.3. The van der Waals surface area contributed by atoms with E-state index < -0.39 is 28.4 Å². The number of methoxy groups -OCH3 is 2. The molecule has 1 unspecified atom stereocenters. The summed E-state index contributed by atoms with van der Waals surface area (Å²) in [4.78, 5) is 41.7. The first-order valence-electron chi connectivity index (χ1n) is 10.4. The van der Waals surface area contributed by atoms with Gasteiger partial charge < -0.3 is 18.6 Å². The van der Waals surface area contributed by atoms with Crippen LogP contribution in [0.4, 0.5) is 5.88 Å². The van der Waals surface area contributed by atoms with Gasteiger partial charge in [0.2, 0.25) is 0 Å². The van der Waals surface area contributed by atoms with Crippen LogP contribution in [-0.2, 0) is 9.53 Å². The van der Waals surface area contributed by atoms with E-state index in [1.54, 1.807) is 32.0 Å². The number of esters is 1. The van der Waals surface area contributed by atoms with Crippen molar-refractivity contribution in [2.75, 3.05) is 20.8 Å². The molecule has 0 radical (unpaired) electrons. The van der Waals surface area contributed by atoms with E-state index in [0.717, 1.165) is 11.3 Å². The van der Waals surface area contributed by atoms with Crippen molar-refractivity contribution in [1.29, 1.82) is 0 Å². The van der Waals surface area contributed by atoms with Gasteiger partial charge in [0.25, 0.3) is 5.56 Å². The molecule has 3 aromatic rings. The second-order valence-electron chi connectivity index (χ2n) is 7.34. The van der Waals surface area contributed by atoms with Crippen molar-refractivity contribution in [2.24, 2.45) is 4.99 Å². The van der Waals surface area contributed by atoms with E-state index in [4.69, 9.17) is 18.6 Å². The second kappa shape index (κ2) is 9.58. The fourth-order valence-electron chi connectivity index (χ4n) is 3.79. The van der Waals surface area contributed by atoms with Crippen molar-refractivity contribution in [1.82, 2.24) is 4.57 Å². The van der Waals surface area contributed by atoms with E-state index in [1.165, 1.54) is 37.0 Å². The standard InChI is InChI=1S/C23H21N3O8S/c1-5-33-22(28)19-12(2)24-23-25(20(19)15-10-13(31-3)6-8-16(15)32-4)21(27)17(35-23)11-14-7-9-18(34-14)26(29)30/h6-11,20H,5H2,1-4H3/b17-11-. The Morgan fingerprint density at radius 3 is 2.69 bits per heavy atom. The minimum absolute atomic E-state index is 0.138. The number of ether oxygens (including phenoxy) is 3. The van der Waals surface area contributed by atoms with Gasteiger partial charge in [-0.3, -0.25) is 19.5 Å². The van der Waals surface area contributed by atoms with Gasteiger partial charge in [0.15, 0.2) is 4.80 Å². The number of nitrogens with zero attached hydrogens (tertiary/aromatic N) is 3. The van der Waals surface area contributed by atoms with Crippen molar-refractivity contribution in [2.45, 2.75) is 19.9 Å². The number of nitro groups is 1. The van der Waals surface area contributed by atoms with Crippen LogP contribution in [0.2, 0.25) is 0 Å². The van der Waals surface area contributed by atoms with Crippen LogP contribution in [0.15, 0.2) is 55.8 Å². The molecule has 0 aliphatic carbocycles. The van der Waals surface area contributed by atoms with Gasteiger partial charge in [0.1, 0.15) is 28.2 Å². The summed E-state index contributed by atoms with van der Waals surface area (Å²) < 4.78 is 23.0. The van der Waals surface area contributed by atoms with Gasteiger partial charge in [0, 0.05) is 11.6 Å². The third kappa shape index (κ3) is 4.35. The van der Waals surface area contributed by atoms with E-state index in [9.17, 15) is 19.7 Å². The molecular weight excluding hydrogens is 478 g/mol. The molecule has 2 aromatic heterocycles. The van der Waals surface area contributed by atoms with Crippen LogP contribution in [0.1, 0.15) is 31.2 Å². The molecule has 11 nitrogen and oxygen atoms in total. The van der Waals surface area contributed by atoms with Gasteiger partial charge in [-0.25, -0.2) is 9.79 Å². The number of carbonyl (C=O) groups excluding carboxylic acids is 1. The monoisotopic (exact) mass is 499 g/mol. The highest BCUT2D eigenvalue weighted by molar-refractivity contribution is 7.07. The van der Waals surface area contributed by atoms with Gasteiger partial charge in [-0.15, -0.1) is 0 Å². The number of carbonyl (C=O) groups is 1. The largest absolute Gasteiger partial charge is 0.497 e. The predicted octanol–water partition coefficient (Wildman–Crippen LogP) is 2.32. The third-order valence-corrected chi connectivity index (χ3v) is 6.30. The molecular formula is C23H21N3O8S. The third-order valence-electron chi connectivity index (χ3n) is 5.31. The summed E-state index contributed by atoms with van der Waals surface area (Å²) in [6.45, 7) is 3.49. The van der Waals surface area contributed by atoms with Crippen molar-refractivity contribution in [3.63, 3.8) is 0 Å². The SMILES string of the molecule is CCOC(=O)C1=C(C)N=c2s/c(=C\c3ccc([N+](=O)[O-])o3)c(=O)n2C1c1cc(OC)ccc1OC. The van der Waals surface area contributed by atoms with E-state index in [-0.39, 0.29) is 22.5 Å². The molecule has 0 amide bonds. The lowest BCUT2D eigenvalue weighted by molar-refractivity contribution is -0.402. The molecule has 1 aliphatic rings. The first-order valence-corrected chi connectivity index (χ1v) is 11.3. The maximum atomic E-state index is 13.6. The van der Waals surface area contributed by atoms with Crippen LogP contribution in [0.5, 0.6) is 11.5 Å². The average molecular weight is 500 g/mol.